The molecule has 4 heteroatoms. The van der Waals surface area contributed by atoms with E-state index >= 15 is 0 Å². The van der Waals surface area contributed by atoms with E-state index in [4.69, 9.17) is 11.6 Å². The molecule has 0 bridgehead atoms. The van der Waals surface area contributed by atoms with Crippen molar-refractivity contribution in [1.29, 1.82) is 0 Å². The summed E-state index contributed by atoms with van der Waals surface area (Å²) in [7, 11) is 0. The number of fused-ring (bicyclic) bond motifs is 1. The molecule has 1 heterocycles. The summed E-state index contributed by atoms with van der Waals surface area (Å²) in [5.41, 5.74) is 1.72. The molecule has 0 saturated heterocycles. The fourth-order valence-electron chi connectivity index (χ4n) is 1.18. The number of nitrogens with zero attached hydrogens (tertiary/aromatic N) is 2. The molecule has 0 saturated carbocycles. The second kappa shape index (κ2) is 3.07. The van der Waals surface area contributed by atoms with Gasteiger partial charge in [-0.05, 0) is 12.1 Å². The van der Waals surface area contributed by atoms with Crippen molar-refractivity contribution in [3.05, 3.63) is 29.4 Å². The fraction of sp³-hybridized carbons (Fsp3) is 0.125. The van der Waals surface area contributed by atoms with Crippen molar-refractivity contribution in [3.63, 3.8) is 0 Å². The van der Waals surface area contributed by atoms with Crippen LogP contribution in [-0.2, 0) is 5.45 Å². The van der Waals surface area contributed by atoms with Crippen molar-refractivity contribution >= 4 is 38.4 Å². The van der Waals surface area contributed by atoms with E-state index in [0.717, 1.165) is 10.9 Å². The summed E-state index contributed by atoms with van der Waals surface area (Å²) in [5.74, 6) is 0. The summed E-state index contributed by atoms with van der Waals surface area (Å²) in [5, 5.41) is 5.70. The maximum Gasteiger partial charge on any atom is 0.158 e. The largest absolute Gasteiger partial charge is 0.253 e. The molecule has 0 radical (unpaired) electrons. The smallest absolute Gasteiger partial charge is 0.158 e. The van der Waals surface area contributed by atoms with Gasteiger partial charge in [-0.25, -0.2) is 0 Å². The molecule has 1 aromatic carbocycles. The molecule has 0 atom stereocenters. The minimum absolute atomic E-state index is 0.560. The molecule has 2 nitrogen and oxygen atoms in total. The van der Waals surface area contributed by atoms with E-state index in [0.29, 0.717) is 10.6 Å². The highest BCUT2D eigenvalue weighted by Crippen LogP contribution is 2.22. The lowest BCUT2D eigenvalue weighted by molar-refractivity contribution is 0.788. The Morgan fingerprint density at radius 3 is 2.92 bits per heavy atom. The summed E-state index contributed by atoms with van der Waals surface area (Å²) in [6.45, 7) is 0. The van der Waals surface area contributed by atoms with Crippen LogP contribution in [0.15, 0.2) is 24.3 Å². The molecule has 1 aromatic heterocycles. The number of benzene rings is 1. The van der Waals surface area contributed by atoms with Crippen LogP contribution in [0.2, 0.25) is 5.15 Å². The third-order valence-corrected chi connectivity index (χ3v) is 2.48. The maximum absolute atomic E-state index is 5.90. The number of rotatable bonds is 1. The Morgan fingerprint density at radius 2 is 2.17 bits per heavy atom. The van der Waals surface area contributed by atoms with Crippen LogP contribution < -0.4 is 0 Å². The Morgan fingerprint density at radius 1 is 1.42 bits per heavy atom. The molecule has 2 aromatic rings. The van der Waals surface area contributed by atoms with E-state index < -0.39 is 0 Å². The SMILES string of the molecule is Clc1nn(CBr)c2ccccc12. The van der Waals surface area contributed by atoms with E-state index in [2.05, 4.69) is 21.0 Å². The molecule has 0 unspecified atom stereocenters. The predicted octanol–water partition coefficient (Wildman–Crippen LogP) is 3.04. The summed E-state index contributed by atoms with van der Waals surface area (Å²) in [6.07, 6.45) is 0. The van der Waals surface area contributed by atoms with Crippen molar-refractivity contribution in [2.24, 2.45) is 0 Å². The first-order valence-electron chi connectivity index (χ1n) is 3.50. The van der Waals surface area contributed by atoms with Crippen LogP contribution in [0.3, 0.4) is 0 Å². The summed E-state index contributed by atoms with van der Waals surface area (Å²) in [4.78, 5) is 0. The maximum atomic E-state index is 5.90. The molecule has 0 aliphatic rings. The van der Waals surface area contributed by atoms with Gasteiger partial charge in [0, 0.05) is 5.39 Å². The molecule has 0 spiro atoms. The average Bonchev–Trinajstić information content (AvgIpc) is 2.44. The molecule has 0 fully saturated rings. The number of alkyl halides is 1. The summed E-state index contributed by atoms with van der Waals surface area (Å²) < 4.78 is 1.82. The van der Waals surface area contributed by atoms with Gasteiger partial charge in [-0.2, -0.15) is 5.10 Å². The minimum Gasteiger partial charge on any atom is -0.253 e. The number of aromatic nitrogens is 2. The van der Waals surface area contributed by atoms with Crippen LogP contribution >= 0.6 is 27.5 Å². The molecule has 62 valence electrons. The molecule has 0 amide bonds. The molecule has 0 aliphatic carbocycles. The Labute approximate surface area is 83.3 Å². The lowest BCUT2D eigenvalue weighted by Gasteiger charge is -1.94. The molecule has 0 N–H and O–H groups in total. The van der Waals surface area contributed by atoms with E-state index in [1.807, 2.05) is 28.9 Å². The monoisotopic (exact) mass is 244 g/mol. The lowest BCUT2D eigenvalue weighted by atomic mass is 10.3. The minimum atomic E-state index is 0.560. The molecular formula is C8H6BrClN2. The number of hydrogen-bond donors (Lipinski definition) is 0. The number of hydrogen-bond acceptors (Lipinski definition) is 1. The first-order chi connectivity index (χ1) is 5.83. The third-order valence-electron chi connectivity index (χ3n) is 1.73. The Balaban J connectivity index is 2.82. The number of para-hydroxylation sites is 1. The zero-order chi connectivity index (χ0) is 8.55. The van der Waals surface area contributed by atoms with Gasteiger partial charge in [-0.15, -0.1) is 0 Å². The van der Waals surface area contributed by atoms with Crippen molar-refractivity contribution < 1.29 is 0 Å². The highest BCUT2D eigenvalue weighted by atomic mass is 79.9. The van der Waals surface area contributed by atoms with E-state index in [9.17, 15) is 0 Å². The predicted molar refractivity (Wildman–Crippen MR) is 53.7 cm³/mol. The standard InChI is InChI=1S/C8H6BrClN2/c9-5-12-7-4-2-1-3-6(7)8(10)11-12/h1-4H,5H2. The van der Waals surface area contributed by atoms with Crippen molar-refractivity contribution in [1.82, 2.24) is 9.78 Å². The van der Waals surface area contributed by atoms with Gasteiger partial charge in [-0.3, -0.25) is 4.68 Å². The van der Waals surface area contributed by atoms with E-state index in [1.165, 1.54) is 0 Å². The number of halogens is 2. The van der Waals surface area contributed by atoms with Gasteiger partial charge in [0.05, 0.1) is 11.0 Å². The summed E-state index contributed by atoms with van der Waals surface area (Å²) in [6, 6.07) is 7.88. The highest BCUT2D eigenvalue weighted by Gasteiger charge is 2.05. The zero-order valence-corrected chi connectivity index (χ0v) is 8.51. The normalized spacial score (nSPS) is 10.8. The van der Waals surface area contributed by atoms with Gasteiger partial charge in [0.25, 0.3) is 0 Å². The first-order valence-corrected chi connectivity index (χ1v) is 5.00. The Kier molecular flexibility index (Phi) is 2.07. The van der Waals surface area contributed by atoms with Crippen molar-refractivity contribution in [2.45, 2.75) is 5.45 Å². The second-order valence-electron chi connectivity index (χ2n) is 2.43. The Hall–Kier alpha value is -0.540. The van der Waals surface area contributed by atoms with E-state index in [-0.39, 0.29) is 0 Å². The van der Waals surface area contributed by atoms with Gasteiger partial charge in [0.15, 0.2) is 5.15 Å². The van der Waals surface area contributed by atoms with Gasteiger partial charge in [0.1, 0.15) is 0 Å². The fourth-order valence-corrected chi connectivity index (χ4v) is 1.81. The van der Waals surface area contributed by atoms with Crippen molar-refractivity contribution in [2.75, 3.05) is 0 Å². The quantitative estimate of drug-likeness (QED) is 0.706. The van der Waals surface area contributed by atoms with Crippen molar-refractivity contribution in [3.8, 4) is 0 Å². The zero-order valence-electron chi connectivity index (χ0n) is 6.17. The van der Waals surface area contributed by atoms with Gasteiger partial charge >= 0.3 is 0 Å². The van der Waals surface area contributed by atoms with Crippen LogP contribution in [0.4, 0.5) is 0 Å². The van der Waals surface area contributed by atoms with Gasteiger partial charge in [-0.1, -0.05) is 39.7 Å². The topological polar surface area (TPSA) is 17.8 Å². The lowest BCUT2D eigenvalue weighted by Crippen LogP contribution is -1.92. The van der Waals surface area contributed by atoms with Crippen LogP contribution in [0.5, 0.6) is 0 Å². The van der Waals surface area contributed by atoms with E-state index in [1.54, 1.807) is 0 Å². The van der Waals surface area contributed by atoms with Crippen LogP contribution in [-0.4, -0.2) is 9.78 Å². The summed E-state index contributed by atoms with van der Waals surface area (Å²) >= 11 is 9.24. The highest BCUT2D eigenvalue weighted by molar-refractivity contribution is 9.08. The third kappa shape index (κ3) is 1.13. The molecule has 12 heavy (non-hydrogen) atoms. The molecule has 2 rings (SSSR count). The second-order valence-corrected chi connectivity index (χ2v) is 3.29. The van der Waals surface area contributed by atoms with Crippen LogP contribution in [0.25, 0.3) is 10.9 Å². The molecular weight excluding hydrogens is 239 g/mol. The average molecular weight is 246 g/mol. The van der Waals surface area contributed by atoms with Gasteiger partial charge < -0.3 is 0 Å². The molecule has 0 aliphatic heterocycles. The first kappa shape index (κ1) is 8.08. The Bertz CT molecular complexity index is 410. The van der Waals surface area contributed by atoms with Crippen LogP contribution in [0.1, 0.15) is 0 Å². The van der Waals surface area contributed by atoms with Crippen LogP contribution in [0, 0.1) is 0 Å². The van der Waals surface area contributed by atoms with Gasteiger partial charge in [0.2, 0.25) is 0 Å².